The quantitative estimate of drug-likeness (QED) is 0.230. The van der Waals surface area contributed by atoms with Gasteiger partial charge in [-0.25, -0.2) is 4.99 Å². The summed E-state index contributed by atoms with van der Waals surface area (Å²) in [5.41, 5.74) is 3.19. The number of carbonyl (C=O) groups is 1. The first-order chi connectivity index (χ1) is 17.0. The molecule has 2 aromatic heterocycles. The minimum atomic E-state index is -0.386. The van der Waals surface area contributed by atoms with Crippen molar-refractivity contribution in [3.8, 4) is 11.3 Å². The number of hydrogen-bond donors (Lipinski definition) is 1. The number of rotatable bonds is 6. The van der Waals surface area contributed by atoms with Gasteiger partial charge in [0.1, 0.15) is 16.5 Å². The molecule has 5 rings (SSSR count). The van der Waals surface area contributed by atoms with E-state index >= 15 is 0 Å². The average molecular weight is 492 g/mol. The number of furan rings is 1. The highest BCUT2D eigenvalue weighted by Crippen LogP contribution is 2.40. The summed E-state index contributed by atoms with van der Waals surface area (Å²) in [6.07, 6.45) is 11.5. The van der Waals surface area contributed by atoms with Crippen LogP contribution in [0.15, 0.2) is 39.7 Å². The van der Waals surface area contributed by atoms with Crippen molar-refractivity contribution in [2.75, 3.05) is 0 Å². The van der Waals surface area contributed by atoms with Crippen LogP contribution in [0.2, 0.25) is 0 Å². The van der Waals surface area contributed by atoms with Crippen molar-refractivity contribution in [1.82, 2.24) is 5.32 Å². The van der Waals surface area contributed by atoms with E-state index in [0.717, 1.165) is 54.7 Å². The molecule has 1 saturated carbocycles. The number of nitro groups is 1. The van der Waals surface area contributed by atoms with Crippen LogP contribution in [0.3, 0.4) is 0 Å². The number of aliphatic imine (C=N–C) groups is 1. The monoisotopic (exact) mass is 491 g/mol. The van der Waals surface area contributed by atoms with Crippen LogP contribution in [-0.4, -0.2) is 23.1 Å². The first kappa shape index (κ1) is 23.5. The number of hydrogen-bond acceptors (Lipinski definition) is 6. The highest BCUT2D eigenvalue weighted by Gasteiger charge is 2.27. The summed E-state index contributed by atoms with van der Waals surface area (Å²) in [5.74, 6) is 1.08. The standard InChI is InChI=1S/C27H29N3O4S/c1-17-20(11-7-12-22(17)30(32)33)23-15-14-19(34-23)16-28-27-25(21-10-5-6-13-24(21)35-27)26(31)29-18-8-3-2-4-9-18/h7,11-12,14-16,18H,2-6,8-10,13H2,1H3,(H,29,31)/b28-16-. The van der Waals surface area contributed by atoms with E-state index in [1.807, 2.05) is 6.07 Å². The zero-order valence-electron chi connectivity index (χ0n) is 19.8. The lowest BCUT2D eigenvalue weighted by molar-refractivity contribution is -0.385. The number of benzene rings is 1. The minimum absolute atomic E-state index is 0.00389. The topological polar surface area (TPSA) is 97.7 Å². The Morgan fingerprint density at radius 1 is 1.14 bits per heavy atom. The number of fused-ring (bicyclic) bond motifs is 1. The largest absolute Gasteiger partial charge is 0.455 e. The Balaban J connectivity index is 1.41. The zero-order chi connectivity index (χ0) is 24.4. The van der Waals surface area contributed by atoms with Gasteiger partial charge in [0.15, 0.2) is 0 Å². The molecular weight excluding hydrogens is 462 g/mol. The second-order valence-electron chi connectivity index (χ2n) is 9.37. The molecule has 7 nitrogen and oxygen atoms in total. The molecule has 2 heterocycles. The maximum absolute atomic E-state index is 13.3. The Kier molecular flexibility index (Phi) is 6.81. The Morgan fingerprint density at radius 3 is 2.74 bits per heavy atom. The zero-order valence-corrected chi connectivity index (χ0v) is 20.7. The smallest absolute Gasteiger partial charge is 0.273 e. The second-order valence-corrected chi connectivity index (χ2v) is 10.5. The van der Waals surface area contributed by atoms with E-state index in [2.05, 4.69) is 5.32 Å². The van der Waals surface area contributed by atoms with Gasteiger partial charge in [-0.3, -0.25) is 14.9 Å². The number of amides is 1. The van der Waals surface area contributed by atoms with Crippen LogP contribution in [0, 0.1) is 17.0 Å². The first-order valence-electron chi connectivity index (χ1n) is 12.3. The van der Waals surface area contributed by atoms with E-state index < -0.39 is 0 Å². The number of carbonyl (C=O) groups excluding carboxylic acids is 1. The molecule has 1 amide bonds. The van der Waals surface area contributed by atoms with E-state index in [-0.39, 0.29) is 22.6 Å². The van der Waals surface area contributed by atoms with Crippen LogP contribution < -0.4 is 5.32 Å². The lowest BCUT2D eigenvalue weighted by Gasteiger charge is -2.23. The van der Waals surface area contributed by atoms with Gasteiger partial charge in [-0.15, -0.1) is 11.3 Å². The molecule has 1 aromatic carbocycles. The summed E-state index contributed by atoms with van der Waals surface area (Å²) in [4.78, 5) is 30.2. The minimum Gasteiger partial charge on any atom is -0.455 e. The fourth-order valence-electron chi connectivity index (χ4n) is 5.16. The summed E-state index contributed by atoms with van der Waals surface area (Å²) in [5, 5.41) is 15.3. The van der Waals surface area contributed by atoms with Gasteiger partial charge in [0.25, 0.3) is 11.6 Å². The normalized spacial score (nSPS) is 16.4. The molecule has 1 N–H and O–H groups in total. The van der Waals surface area contributed by atoms with Crippen molar-refractivity contribution in [1.29, 1.82) is 0 Å². The van der Waals surface area contributed by atoms with Gasteiger partial charge in [0, 0.05) is 28.1 Å². The maximum Gasteiger partial charge on any atom is 0.273 e. The number of aryl methyl sites for hydroxylation is 1. The van der Waals surface area contributed by atoms with Gasteiger partial charge in [-0.05, 0) is 63.1 Å². The molecule has 0 atom stereocenters. The van der Waals surface area contributed by atoms with Crippen LogP contribution in [0.5, 0.6) is 0 Å². The summed E-state index contributed by atoms with van der Waals surface area (Å²) in [6, 6.07) is 8.80. The molecule has 0 radical (unpaired) electrons. The molecule has 182 valence electrons. The highest BCUT2D eigenvalue weighted by molar-refractivity contribution is 7.16. The molecular formula is C27H29N3O4S. The van der Waals surface area contributed by atoms with Gasteiger partial charge >= 0.3 is 0 Å². The van der Waals surface area contributed by atoms with Crippen molar-refractivity contribution >= 4 is 34.1 Å². The summed E-state index contributed by atoms with van der Waals surface area (Å²) >= 11 is 1.61. The summed E-state index contributed by atoms with van der Waals surface area (Å²) < 4.78 is 5.96. The lowest BCUT2D eigenvalue weighted by atomic mass is 9.93. The van der Waals surface area contributed by atoms with Gasteiger partial charge in [0.05, 0.1) is 16.7 Å². The number of thiophene rings is 1. The second kappa shape index (κ2) is 10.2. The van der Waals surface area contributed by atoms with Crippen molar-refractivity contribution < 1.29 is 14.1 Å². The van der Waals surface area contributed by atoms with Crippen LogP contribution in [0.1, 0.15) is 77.1 Å². The molecule has 0 spiro atoms. The van der Waals surface area contributed by atoms with Crippen LogP contribution in [0.25, 0.3) is 11.3 Å². The van der Waals surface area contributed by atoms with Crippen molar-refractivity contribution in [3.05, 3.63) is 67.8 Å². The van der Waals surface area contributed by atoms with Crippen LogP contribution in [0.4, 0.5) is 10.7 Å². The van der Waals surface area contributed by atoms with Gasteiger partial charge < -0.3 is 9.73 Å². The predicted molar refractivity (Wildman–Crippen MR) is 138 cm³/mol. The van der Waals surface area contributed by atoms with Crippen molar-refractivity contribution in [2.45, 2.75) is 70.8 Å². The Morgan fingerprint density at radius 2 is 1.94 bits per heavy atom. The third-order valence-electron chi connectivity index (χ3n) is 7.02. The van der Waals surface area contributed by atoms with E-state index in [4.69, 9.17) is 9.41 Å². The molecule has 0 saturated heterocycles. The number of nitrogens with one attached hydrogen (secondary N) is 1. The van der Waals surface area contributed by atoms with E-state index in [0.29, 0.717) is 22.6 Å². The van der Waals surface area contributed by atoms with Gasteiger partial charge in [-0.2, -0.15) is 0 Å². The van der Waals surface area contributed by atoms with E-state index in [1.165, 1.54) is 30.2 Å². The third kappa shape index (κ3) is 4.93. The third-order valence-corrected chi connectivity index (χ3v) is 8.22. The predicted octanol–water partition coefficient (Wildman–Crippen LogP) is 6.92. The maximum atomic E-state index is 13.3. The Hall–Kier alpha value is -3.26. The lowest BCUT2D eigenvalue weighted by Crippen LogP contribution is -2.36. The molecule has 0 unspecified atom stereocenters. The van der Waals surface area contributed by atoms with Crippen LogP contribution in [-0.2, 0) is 12.8 Å². The summed E-state index contributed by atoms with van der Waals surface area (Å²) in [7, 11) is 0. The molecule has 1 fully saturated rings. The van der Waals surface area contributed by atoms with Crippen molar-refractivity contribution in [2.24, 2.45) is 4.99 Å². The molecule has 2 aliphatic carbocycles. The Labute approximate surface area is 208 Å². The highest BCUT2D eigenvalue weighted by atomic mass is 32.1. The summed E-state index contributed by atoms with van der Waals surface area (Å²) in [6.45, 7) is 1.72. The Bertz CT molecular complexity index is 1280. The fourth-order valence-corrected chi connectivity index (χ4v) is 6.39. The first-order valence-corrected chi connectivity index (χ1v) is 13.2. The fraction of sp³-hybridized carbons (Fsp3) is 0.407. The average Bonchev–Trinajstić information content (AvgIpc) is 3.48. The SMILES string of the molecule is Cc1c(-c2ccc(/C=N\c3sc4c(c3C(=O)NC3CCCCC3)CCCC4)o2)cccc1[N+](=O)[O-]. The van der Waals surface area contributed by atoms with Crippen molar-refractivity contribution in [3.63, 3.8) is 0 Å². The molecule has 3 aromatic rings. The number of nitrogens with zero attached hydrogens (tertiary/aromatic N) is 2. The molecule has 2 aliphatic rings. The molecule has 0 aliphatic heterocycles. The van der Waals surface area contributed by atoms with Crippen LogP contribution >= 0.6 is 11.3 Å². The number of nitro benzene ring substituents is 1. The van der Waals surface area contributed by atoms with Gasteiger partial charge in [0.2, 0.25) is 0 Å². The van der Waals surface area contributed by atoms with Gasteiger partial charge in [-0.1, -0.05) is 31.4 Å². The molecule has 8 heteroatoms. The molecule has 0 bridgehead atoms. The van der Waals surface area contributed by atoms with E-state index in [9.17, 15) is 14.9 Å². The molecule has 35 heavy (non-hydrogen) atoms. The van der Waals surface area contributed by atoms with E-state index in [1.54, 1.807) is 42.7 Å².